The fourth-order valence-electron chi connectivity index (χ4n) is 7.88. The molecule has 0 radical (unpaired) electrons. The van der Waals surface area contributed by atoms with Gasteiger partial charge in [0.15, 0.2) is 18.0 Å². The molecule has 0 amide bonds. The molecule has 0 N–H and O–H groups in total. The minimum atomic E-state index is -1.62. The summed E-state index contributed by atoms with van der Waals surface area (Å²) in [6.45, 7) is 7.34. The SMILES string of the molecule is CC(=O)OCC(=O)C1(OC(C)=O)[C@H](C)C[C@H]2[C@@H]3C[C@@H](F)C4=CC(=O)C(Br)=C[C@]4(C)[C@@]3(Cl)[C@@H](Cl)C[C@@]21C. The lowest BCUT2D eigenvalue weighted by Crippen LogP contribution is -2.69. The van der Waals surface area contributed by atoms with Crippen LogP contribution in [0.5, 0.6) is 0 Å². The molecule has 0 aromatic rings. The smallest absolute Gasteiger partial charge is 0.303 e. The lowest BCUT2D eigenvalue weighted by atomic mass is 9.46. The van der Waals surface area contributed by atoms with Gasteiger partial charge < -0.3 is 9.47 Å². The highest BCUT2D eigenvalue weighted by molar-refractivity contribution is 9.12. The van der Waals surface area contributed by atoms with Crippen LogP contribution in [0.15, 0.2) is 22.2 Å². The summed E-state index contributed by atoms with van der Waals surface area (Å²) in [5, 5.41) is -0.766. The van der Waals surface area contributed by atoms with Gasteiger partial charge in [0.05, 0.1) is 14.7 Å². The van der Waals surface area contributed by atoms with Crippen molar-refractivity contribution in [2.24, 2.45) is 28.6 Å². The molecule has 0 spiro atoms. The number of alkyl halides is 3. The molecule has 10 heteroatoms. The number of hydrogen-bond acceptors (Lipinski definition) is 6. The number of hydrogen-bond donors (Lipinski definition) is 0. The molecule has 4 aliphatic rings. The van der Waals surface area contributed by atoms with E-state index in [4.69, 9.17) is 32.7 Å². The molecule has 0 aromatic carbocycles. The lowest BCUT2D eigenvalue weighted by molar-refractivity contribution is -0.195. The summed E-state index contributed by atoms with van der Waals surface area (Å²) in [7, 11) is 0. The molecule has 4 aliphatic carbocycles. The molecule has 9 atom stereocenters. The number of rotatable bonds is 4. The third-order valence-corrected chi connectivity index (χ3v) is 11.5. The summed E-state index contributed by atoms with van der Waals surface area (Å²) in [4.78, 5) is 48.7. The minimum absolute atomic E-state index is 0.0220. The van der Waals surface area contributed by atoms with E-state index >= 15 is 4.39 Å². The highest BCUT2D eigenvalue weighted by Crippen LogP contribution is 2.73. The second-order valence-corrected chi connectivity index (χ2v) is 13.1. The number of halogens is 4. The molecule has 3 fully saturated rings. The van der Waals surface area contributed by atoms with Gasteiger partial charge in [-0.1, -0.05) is 26.8 Å². The topological polar surface area (TPSA) is 86.7 Å². The van der Waals surface area contributed by atoms with E-state index in [1.54, 1.807) is 13.0 Å². The molecule has 0 bridgehead atoms. The van der Waals surface area contributed by atoms with Crippen LogP contribution in [0.4, 0.5) is 4.39 Å². The average Bonchev–Trinajstić information content (AvgIpc) is 2.98. The Morgan fingerprint density at radius 2 is 1.81 bits per heavy atom. The molecule has 36 heavy (non-hydrogen) atoms. The number of fused-ring (bicyclic) bond motifs is 5. The zero-order valence-electron chi connectivity index (χ0n) is 20.8. The number of esters is 2. The van der Waals surface area contributed by atoms with Crippen molar-refractivity contribution >= 4 is 62.6 Å². The van der Waals surface area contributed by atoms with Gasteiger partial charge in [-0.25, -0.2) is 4.39 Å². The first kappa shape index (κ1) is 27.8. The molecule has 3 saturated carbocycles. The van der Waals surface area contributed by atoms with Gasteiger partial charge in [0, 0.05) is 30.6 Å². The first-order valence-electron chi connectivity index (χ1n) is 12.0. The van der Waals surface area contributed by atoms with E-state index in [1.165, 1.54) is 19.9 Å². The van der Waals surface area contributed by atoms with E-state index in [-0.39, 0.29) is 24.5 Å². The van der Waals surface area contributed by atoms with Crippen LogP contribution in [0.3, 0.4) is 0 Å². The second kappa shape index (κ2) is 8.91. The van der Waals surface area contributed by atoms with Crippen molar-refractivity contribution in [1.82, 2.24) is 0 Å². The summed E-state index contributed by atoms with van der Waals surface area (Å²) in [6, 6.07) is 0. The van der Waals surface area contributed by atoms with Gasteiger partial charge in [-0.05, 0) is 58.7 Å². The Hall–Kier alpha value is -1.25. The molecule has 0 aliphatic heterocycles. The molecule has 0 heterocycles. The summed E-state index contributed by atoms with van der Waals surface area (Å²) in [6.07, 6.45) is 2.20. The van der Waals surface area contributed by atoms with Crippen LogP contribution in [-0.2, 0) is 28.7 Å². The van der Waals surface area contributed by atoms with Crippen LogP contribution in [0.1, 0.15) is 53.9 Å². The molecular weight excluding hydrogens is 578 g/mol. The van der Waals surface area contributed by atoms with Gasteiger partial charge >= 0.3 is 11.9 Å². The minimum Gasteiger partial charge on any atom is -0.458 e. The Balaban J connectivity index is 1.87. The Bertz CT molecular complexity index is 1110. The van der Waals surface area contributed by atoms with Crippen molar-refractivity contribution in [2.45, 2.75) is 75.9 Å². The summed E-state index contributed by atoms with van der Waals surface area (Å²) in [5.41, 5.74) is -3.37. The fraction of sp³-hybridized carbons (Fsp3) is 0.692. The van der Waals surface area contributed by atoms with Gasteiger partial charge in [0.2, 0.25) is 5.78 Å². The highest BCUT2D eigenvalue weighted by atomic mass is 79.9. The van der Waals surface area contributed by atoms with Crippen LogP contribution >= 0.6 is 39.1 Å². The van der Waals surface area contributed by atoms with Crippen LogP contribution in [0, 0.1) is 28.6 Å². The molecule has 0 saturated heterocycles. The van der Waals surface area contributed by atoms with E-state index in [2.05, 4.69) is 15.9 Å². The van der Waals surface area contributed by atoms with Crippen molar-refractivity contribution in [2.75, 3.05) is 6.61 Å². The maximum absolute atomic E-state index is 15.8. The molecule has 6 nitrogen and oxygen atoms in total. The van der Waals surface area contributed by atoms with Crippen LogP contribution in [-0.4, -0.2) is 52.1 Å². The zero-order chi connectivity index (χ0) is 27.0. The molecule has 0 aromatic heterocycles. The summed E-state index contributed by atoms with van der Waals surface area (Å²) >= 11 is 17.9. The number of carbonyl (C=O) groups excluding carboxylic acids is 4. The van der Waals surface area contributed by atoms with E-state index < -0.39 is 69.0 Å². The lowest BCUT2D eigenvalue weighted by Gasteiger charge is -2.64. The predicted molar refractivity (Wildman–Crippen MR) is 136 cm³/mol. The second-order valence-electron chi connectivity index (χ2n) is 11.1. The van der Waals surface area contributed by atoms with E-state index in [1.807, 2.05) is 13.8 Å². The van der Waals surface area contributed by atoms with Crippen molar-refractivity contribution in [1.29, 1.82) is 0 Å². The molecule has 4 rings (SSSR count). The standard InChI is InChI=1S/C26H30BrCl2FO6/c1-12-6-15-16-7-19(30)17-8-20(33)18(27)9-23(17,4)25(16,29)21(28)10-24(15,5)26(12,36-14(3)32)22(34)11-35-13(2)31/h8-9,12,15-16,19,21H,6-7,10-11H2,1-5H3/t12-,15+,16+,19-,21+,23+,24+,25+,26?/m1/s1. The third-order valence-electron chi connectivity index (χ3n) is 9.31. The first-order chi connectivity index (χ1) is 16.6. The Labute approximate surface area is 228 Å². The first-order valence-corrected chi connectivity index (χ1v) is 13.6. The van der Waals surface area contributed by atoms with Gasteiger partial charge in [-0.15, -0.1) is 23.2 Å². The predicted octanol–water partition coefficient (Wildman–Crippen LogP) is 5.22. The highest BCUT2D eigenvalue weighted by Gasteiger charge is 2.77. The number of ether oxygens (including phenoxy) is 2. The van der Waals surface area contributed by atoms with Crippen molar-refractivity contribution < 1.29 is 33.0 Å². The van der Waals surface area contributed by atoms with Gasteiger partial charge in [-0.2, -0.15) is 0 Å². The van der Waals surface area contributed by atoms with Gasteiger partial charge in [0.25, 0.3) is 0 Å². The van der Waals surface area contributed by atoms with E-state index in [0.29, 0.717) is 16.5 Å². The molecule has 198 valence electrons. The molecular formula is C26H30BrCl2FO6. The van der Waals surface area contributed by atoms with Crippen LogP contribution in [0.2, 0.25) is 0 Å². The van der Waals surface area contributed by atoms with E-state index in [9.17, 15) is 19.2 Å². The molecule has 1 unspecified atom stereocenters. The Morgan fingerprint density at radius 1 is 1.17 bits per heavy atom. The number of allylic oxidation sites excluding steroid dienone is 4. The number of Topliss-reactive ketones (excluding diaryl/α,β-unsaturated/α-hetero) is 1. The fourth-order valence-corrected chi connectivity index (χ4v) is 9.65. The third kappa shape index (κ3) is 3.53. The maximum Gasteiger partial charge on any atom is 0.303 e. The normalized spacial score (nSPS) is 45.5. The monoisotopic (exact) mass is 606 g/mol. The van der Waals surface area contributed by atoms with Crippen molar-refractivity contribution in [3.63, 3.8) is 0 Å². The van der Waals surface area contributed by atoms with Crippen LogP contribution < -0.4 is 0 Å². The van der Waals surface area contributed by atoms with Crippen LogP contribution in [0.25, 0.3) is 0 Å². The quantitative estimate of drug-likeness (QED) is 0.322. The van der Waals surface area contributed by atoms with Gasteiger partial charge in [-0.3, -0.25) is 19.2 Å². The number of carbonyl (C=O) groups is 4. The van der Waals surface area contributed by atoms with E-state index in [0.717, 1.165) is 0 Å². The van der Waals surface area contributed by atoms with Crippen molar-refractivity contribution in [3.05, 3.63) is 22.2 Å². The Morgan fingerprint density at radius 3 is 2.39 bits per heavy atom. The maximum atomic E-state index is 15.8. The average molecular weight is 608 g/mol. The Kier molecular flexibility index (Phi) is 6.87. The van der Waals surface area contributed by atoms with Crippen molar-refractivity contribution in [3.8, 4) is 0 Å². The summed E-state index contributed by atoms with van der Waals surface area (Å²) < 4.78 is 27.0. The zero-order valence-corrected chi connectivity index (χ0v) is 23.9. The van der Waals surface area contributed by atoms with Gasteiger partial charge in [0.1, 0.15) is 6.17 Å². The summed E-state index contributed by atoms with van der Waals surface area (Å²) in [5.74, 6) is -3.41. The largest absolute Gasteiger partial charge is 0.458 e. The number of ketones is 2.